The van der Waals surface area contributed by atoms with Gasteiger partial charge in [-0.3, -0.25) is 0 Å². The van der Waals surface area contributed by atoms with Crippen LogP contribution in [0.4, 0.5) is 4.39 Å². The SMILES string of the molecule is CCc1nc(-c2cc(F)ccc2Br)nc(CC)c1CCN. The van der Waals surface area contributed by atoms with Gasteiger partial charge in [-0.05, 0) is 49.6 Å². The number of aryl methyl sites for hydroxylation is 2. The van der Waals surface area contributed by atoms with Crippen LogP contribution in [0.1, 0.15) is 30.8 Å². The summed E-state index contributed by atoms with van der Waals surface area (Å²) in [5.74, 6) is 0.273. The van der Waals surface area contributed by atoms with Crippen LogP contribution in [-0.2, 0) is 19.3 Å². The third kappa shape index (κ3) is 3.47. The molecule has 5 heteroatoms. The van der Waals surface area contributed by atoms with Crippen molar-refractivity contribution in [1.29, 1.82) is 0 Å². The van der Waals surface area contributed by atoms with Gasteiger partial charge in [0.2, 0.25) is 0 Å². The van der Waals surface area contributed by atoms with E-state index in [1.807, 2.05) is 0 Å². The molecule has 1 aromatic heterocycles. The largest absolute Gasteiger partial charge is 0.330 e. The number of halogens is 2. The van der Waals surface area contributed by atoms with Crippen molar-refractivity contribution in [3.05, 3.63) is 45.4 Å². The Kier molecular flexibility index (Phi) is 5.42. The first-order valence-electron chi connectivity index (χ1n) is 7.14. The van der Waals surface area contributed by atoms with Gasteiger partial charge in [0, 0.05) is 21.4 Å². The lowest BCUT2D eigenvalue weighted by Gasteiger charge is -2.14. The summed E-state index contributed by atoms with van der Waals surface area (Å²) in [6.45, 7) is 4.70. The molecule has 3 nitrogen and oxygen atoms in total. The molecule has 0 fully saturated rings. The fourth-order valence-corrected chi connectivity index (χ4v) is 2.81. The first-order chi connectivity index (χ1) is 10.1. The van der Waals surface area contributed by atoms with E-state index >= 15 is 0 Å². The lowest BCUT2D eigenvalue weighted by Crippen LogP contribution is -2.12. The van der Waals surface area contributed by atoms with E-state index < -0.39 is 0 Å². The van der Waals surface area contributed by atoms with E-state index in [2.05, 4.69) is 39.7 Å². The lowest BCUT2D eigenvalue weighted by atomic mass is 10.0. The molecule has 0 bridgehead atoms. The predicted molar refractivity (Wildman–Crippen MR) is 86.6 cm³/mol. The second-order valence-electron chi connectivity index (χ2n) is 4.79. The molecule has 0 aliphatic rings. The zero-order valence-electron chi connectivity index (χ0n) is 12.3. The summed E-state index contributed by atoms with van der Waals surface area (Å²) < 4.78 is 14.3. The molecule has 0 saturated heterocycles. The van der Waals surface area contributed by atoms with Crippen molar-refractivity contribution >= 4 is 15.9 Å². The van der Waals surface area contributed by atoms with E-state index in [4.69, 9.17) is 5.73 Å². The van der Waals surface area contributed by atoms with Crippen LogP contribution in [0.2, 0.25) is 0 Å². The highest BCUT2D eigenvalue weighted by atomic mass is 79.9. The van der Waals surface area contributed by atoms with E-state index in [-0.39, 0.29) is 5.82 Å². The van der Waals surface area contributed by atoms with Crippen LogP contribution in [0.15, 0.2) is 22.7 Å². The molecule has 0 spiro atoms. The summed E-state index contributed by atoms with van der Waals surface area (Å²) in [4.78, 5) is 9.25. The van der Waals surface area contributed by atoms with Crippen LogP contribution in [0.3, 0.4) is 0 Å². The van der Waals surface area contributed by atoms with Crippen LogP contribution in [0.25, 0.3) is 11.4 Å². The average molecular weight is 352 g/mol. The second-order valence-corrected chi connectivity index (χ2v) is 5.64. The highest BCUT2D eigenvalue weighted by molar-refractivity contribution is 9.10. The maximum Gasteiger partial charge on any atom is 0.160 e. The Labute approximate surface area is 132 Å². The number of nitrogens with zero attached hydrogens (tertiary/aromatic N) is 2. The maximum absolute atomic E-state index is 13.5. The molecule has 0 amide bonds. The highest BCUT2D eigenvalue weighted by Gasteiger charge is 2.15. The zero-order chi connectivity index (χ0) is 15.4. The van der Waals surface area contributed by atoms with Gasteiger partial charge in [-0.25, -0.2) is 14.4 Å². The Morgan fingerprint density at radius 2 is 1.76 bits per heavy atom. The molecular formula is C16H19BrFN3. The topological polar surface area (TPSA) is 51.8 Å². The molecule has 0 aliphatic carbocycles. The molecule has 0 atom stereocenters. The quantitative estimate of drug-likeness (QED) is 0.893. The van der Waals surface area contributed by atoms with E-state index in [1.54, 1.807) is 6.07 Å². The minimum atomic E-state index is -0.293. The average Bonchev–Trinajstić information content (AvgIpc) is 2.50. The molecule has 0 aliphatic heterocycles. The van der Waals surface area contributed by atoms with Crippen LogP contribution in [0.5, 0.6) is 0 Å². The van der Waals surface area contributed by atoms with Gasteiger partial charge in [0.15, 0.2) is 5.82 Å². The number of hydrogen-bond donors (Lipinski definition) is 1. The summed E-state index contributed by atoms with van der Waals surface area (Å²) in [6.07, 6.45) is 2.40. The first-order valence-corrected chi connectivity index (χ1v) is 7.94. The van der Waals surface area contributed by atoms with Gasteiger partial charge in [0.05, 0.1) is 0 Å². The Hall–Kier alpha value is -1.33. The summed E-state index contributed by atoms with van der Waals surface area (Å²) in [5.41, 5.74) is 9.50. The van der Waals surface area contributed by atoms with Crippen molar-refractivity contribution in [3.8, 4) is 11.4 Å². The molecule has 2 rings (SSSR count). The van der Waals surface area contributed by atoms with Gasteiger partial charge in [0.25, 0.3) is 0 Å². The van der Waals surface area contributed by atoms with E-state index in [9.17, 15) is 4.39 Å². The fourth-order valence-electron chi connectivity index (χ4n) is 2.39. The van der Waals surface area contributed by atoms with E-state index in [0.717, 1.165) is 40.7 Å². The van der Waals surface area contributed by atoms with Crippen molar-refractivity contribution < 1.29 is 4.39 Å². The summed E-state index contributed by atoms with van der Waals surface area (Å²) >= 11 is 3.44. The van der Waals surface area contributed by atoms with E-state index in [0.29, 0.717) is 17.9 Å². The Morgan fingerprint density at radius 3 is 2.29 bits per heavy atom. The molecular weight excluding hydrogens is 333 g/mol. The number of nitrogens with two attached hydrogens (primary N) is 1. The molecule has 21 heavy (non-hydrogen) atoms. The minimum absolute atomic E-state index is 0.293. The molecule has 0 radical (unpaired) electrons. The third-order valence-corrected chi connectivity index (χ3v) is 4.10. The van der Waals surface area contributed by atoms with Gasteiger partial charge in [-0.15, -0.1) is 0 Å². The van der Waals surface area contributed by atoms with Crippen LogP contribution in [-0.4, -0.2) is 16.5 Å². The lowest BCUT2D eigenvalue weighted by molar-refractivity contribution is 0.628. The van der Waals surface area contributed by atoms with Crippen molar-refractivity contribution in [2.24, 2.45) is 5.73 Å². The molecule has 1 aromatic carbocycles. The van der Waals surface area contributed by atoms with Crippen LogP contribution >= 0.6 is 15.9 Å². The standard InChI is InChI=1S/C16H19BrFN3/c1-3-14-11(7-8-19)15(4-2)21-16(20-14)12-9-10(18)5-6-13(12)17/h5-6,9H,3-4,7-8,19H2,1-2H3. The van der Waals surface area contributed by atoms with Crippen molar-refractivity contribution in [2.45, 2.75) is 33.1 Å². The predicted octanol–water partition coefficient (Wildman–Crippen LogP) is 3.67. The normalized spacial score (nSPS) is 10.9. The minimum Gasteiger partial charge on any atom is -0.330 e. The number of benzene rings is 1. The summed E-state index contributed by atoms with van der Waals surface area (Å²) in [7, 11) is 0. The number of hydrogen-bond acceptors (Lipinski definition) is 3. The molecule has 2 aromatic rings. The Bertz CT molecular complexity index is 618. The highest BCUT2D eigenvalue weighted by Crippen LogP contribution is 2.28. The van der Waals surface area contributed by atoms with Crippen LogP contribution < -0.4 is 5.73 Å². The molecule has 1 heterocycles. The van der Waals surface area contributed by atoms with Crippen molar-refractivity contribution in [1.82, 2.24) is 9.97 Å². The molecule has 112 valence electrons. The summed E-state index contributed by atoms with van der Waals surface area (Å²) in [5, 5.41) is 0. The maximum atomic E-state index is 13.5. The molecule has 2 N–H and O–H groups in total. The molecule has 0 saturated carbocycles. The van der Waals surface area contributed by atoms with Crippen molar-refractivity contribution in [3.63, 3.8) is 0 Å². The van der Waals surface area contributed by atoms with Gasteiger partial charge in [0.1, 0.15) is 5.82 Å². The fraction of sp³-hybridized carbons (Fsp3) is 0.375. The third-order valence-electron chi connectivity index (χ3n) is 3.41. The Balaban J connectivity index is 2.62. The van der Waals surface area contributed by atoms with E-state index in [1.165, 1.54) is 12.1 Å². The van der Waals surface area contributed by atoms with Gasteiger partial charge < -0.3 is 5.73 Å². The molecule has 0 unspecified atom stereocenters. The number of aromatic nitrogens is 2. The Morgan fingerprint density at radius 1 is 1.14 bits per heavy atom. The smallest absolute Gasteiger partial charge is 0.160 e. The van der Waals surface area contributed by atoms with Crippen molar-refractivity contribution in [2.75, 3.05) is 6.54 Å². The zero-order valence-corrected chi connectivity index (χ0v) is 13.9. The van der Waals surface area contributed by atoms with Gasteiger partial charge in [-0.2, -0.15) is 0 Å². The second kappa shape index (κ2) is 7.09. The van der Waals surface area contributed by atoms with Gasteiger partial charge >= 0.3 is 0 Å². The van der Waals surface area contributed by atoms with Gasteiger partial charge in [-0.1, -0.05) is 29.8 Å². The monoisotopic (exact) mass is 351 g/mol. The van der Waals surface area contributed by atoms with Crippen LogP contribution in [0, 0.1) is 5.82 Å². The summed E-state index contributed by atoms with van der Waals surface area (Å²) in [6, 6.07) is 4.55. The number of rotatable bonds is 5. The first kappa shape index (κ1) is 16.0.